The summed E-state index contributed by atoms with van der Waals surface area (Å²) in [6.45, 7) is 7.50. The number of morpholine rings is 1. The van der Waals surface area contributed by atoms with Gasteiger partial charge in [-0.1, -0.05) is 0 Å². The molecule has 0 saturated carbocycles. The van der Waals surface area contributed by atoms with Crippen LogP contribution in [0.4, 0.5) is 0 Å². The molecule has 1 aliphatic rings. The second kappa shape index (κ2) is 5.80. The van der Waals surface area contributed by atoms with Crippen molar-refractivity contribution in [3.63, 3.8) is 0 Å². The van der Waals surface area contributed by atoms with Gasteiger partial charge in [-0.15, -0.1) is 11.6 Å². The van der Waals surface area contributed by atoms with Crippen molar-refractivity contribution in [2.45, 2.75) is 39.1 Å². The summed E-state index contributed by atoms with van der Waals surface area (Å²) in [6, 6.07) is 0.400. The maximum atomic E-state index is 5.85. The lowest BCUT2D eigenvalue weighted by molar-refractivity contribution is -0.0522. The summed E-state index contributed by atoms with van der Waals surface area (Å²) >= 11 is 5.85. The molecular formula is C11H19ClN4O. The van der Waals surface area contributed by atoms with E-state index in [0.717, 1.165) is 32.1 Å². The lowest BCUT2D eigenvalue weighted by Gasteiger charge is -2.37. The minimum atomic E-state index is 0.130. The Morgan fingerprint density at radius 3 is 3.12 bits per heavy atom. The molecule has 0 amide bonds. The standard InChI is InChI=1S/C11H19ClN4O/c1-3-16-11(13-8-14-16)6-15-5-10(4-12)17-7-9(15)2/h8-10H,3-7H2,1-2H3. The number of aryl methyl sites for hydroxylation is 1. The molecule has 5 nitrogen and oxygen atoms in total. The van der Waals surface area contributed by atoms with Crippen LogP contribution < -0.4 is 0 Å². The predicted octanol–water partition coefficient (Wildman–Crippen LogP) is 1.13. The molecular weight excluding hydrogens is 240 g/mol. The molecule has 0 radical (unpaired) electrons. The monoisotopic (exact) mass is 258 g/mol. The summed E-state index contributed by atoms with van der Waals surface area (Å²) in [5.41, 5.74) is 0. The van der Waals surface area contributed by atoms with Gasteiger partial charge >= 0.3 is 0 Å². The molecule has 0 aliphatic carbocycles. The Morgan fingerprint density at radius 1 is 1.59 bits per heavy atom. The molecule has 1 aromatic heterocycles. The van der Waals surface area contributed by atoms with Gasteiger partial charge in [-0.25, -0.2) is 9.67 Å². The lowest BCUT2D eigenvalue weighted by Crippen LogP contribution is -2.48. The van der Waals surface area contributed by atoms with Crippen molar-refractivity contribution in [2.75, 3.05) is 19.0 Å². The minimum Gasteiger partial charge on any atom is -0.374 e. The van der Waals surface area contributed by atoms with Crippen LogP contribution in [0.2, 0.25) is 0 Å². The highest BCUT2D eigenvalue weighted by Gasteiger charge is 2.26. The van der Waals surface area contributed by atoms with Gasteiger partial charge in [0.15, 0.2) is 0 Å². The molecule has 1 saturated heterocycles. The fourth-order valence-electron chi connectivity index (χ4n) is 2.05. The van der Waals surface area contributed by atoms with Crippen molar-refractivity contribution in [1.29, 1.82) is 0 Å². The minimum absolute atomic E-state index is 0.130. The Bertz CT molecular complexity index is 357. The van der Waals surface area contributed by atoms with E-state index in [9.17, 15) is 0 Å². The van der Waals surface area contributed by atoms with E-state index in [2.05, 4.69) is 28.8 Å². The SMILES string of the molecule is CCn1ncnc1CN1CC(CCl)OCC1C. The fourth-order valence-corrected chi connectivity index (χ4v) is 2.23. The van der Waals surface area contributed by atoms with Crippen molar-refractivity contribution < 1.29 is 4.74 Å². The number of nitrogens with zero attached hydrogens (tertiary/aromatic N) is 4. The molecule has 1 aliphatic heterocycles. The highest BCUT2D eigenvalue weighted by atomic mass is 35.5. The first-order valence-corrected chi connectivity index (χ1v) is 6.56. The normalized spacial score (nSPS) is 26.3. The Labute approximate surface area is 107 Å². The van der Waals surface area contributed by atoms with Crippen molar-refractivity contribution in [2.24, 2.45) is 0 Å². The summed E-state index contributed by atoms with van der Waals surface area (Å²) in [7, 11) is 0. The van der Waals surface area contributed by atoms with E-state index < -0.39 is 0 Å². The topological polar surface area (TPSA) is 43.2 Å². The Hall–Kier alpha value is -0.650. The first kappa shape index (κ1) is 12.8. The molecule has 1 fully saturated rings. The van der Waals surface area contributed by atoms with E-state index in [4.69, 9.17) is 16.3 Å². The molecule has 0 spiro atoms. The van der Waals surface area contributed by atoms with E-state index in [1.807, 2.05) is 4.68 Å². The van der Waals surface area contributed by atoms with E-state index in [0.29, 0.717) is 11.9 Å². The number of halogens is 1. The predicted molar refractivity (Wildman–Crippen MR) is 66.0 cm³/mol. The van der Waals surface area contributed by atoms with Gasteiger partial charge in [-0.2, -0.15) is 5.10 Å². The van der Waals surface area contributed by atoms with Crippen LogP contribution in [0.15, 0.2) is 6.33 Å². The van der Waals surface area contributed by atoms with Crippen LogP contribution in [0.25, 0.3) is 0 Å². The van der Waals surface area contributed by atoms with Gasteiger partial charge in [0.1, 0.15) is 12.2 Å². The van der Waals surface area contributed by atoms with Gasteiger partial charge < -0.3 is 4.74 Å². The van der Waals surface area contributed by atoms with Crippen LogP contribution in [-0.4, -0.2) is 50.8 Å². The summed E-state index contributed by atoms with van der Waals surface area (Å²) in [5, 5.41) is 4.19. The van der Waals surface area contributed by atoms with Crippen LogP contribution in [0.5, 0.6) is 0 Å². The molecule has 2 atom stereocenters. The maximum Gasteiger partial charge on any atom is 0.141 e. The number of hydrogen-bond acceptors (Lipinski definition) is 4. The third-order valence-corrected chi connectivity index (χ3v) is 3.49. The van der Waals surface area contributed by atoms with E-state index in [1.165, 1.54) is 0 Å². The van der Waals surface area contributed by atoms with Crippen LogP contribution in [-0.2, 0) is 17.8 Å². The molecule has 0 aromatic carbocycles. The zero-order valence-corrected chi connectivity index (χ0v) is 11.1. The Balaban J connectivity index is 2.01. The van der Waals surface area contributed by atoms with E-state index in [1.54, 1.807) is 6.33 Å². The first-order chi connectivity index (χ1) is 8.24. The smallest absolute Gasteiger partial charge is 0.141 e. The molecule has 0 N–H and O–H groups in total. The summed E-state index contributed by atoms with van der Waals surface area (Å²) < 4.78 is 7.56. The molecule has 2 heterocycles. The number of aromatic nitrogens is 3. The first-order valence-electron chi connectivity index (χ1n) is 6.02. The molecule has 0 bridgehead atoms. The summed E-state index contributed by atoms with van der Waals surface area (Å²) in [5.74, 6) is 1.55. The zero-order valence-electron chi connectivity index (χ0n) is 10.3. The Morgan fingerprint density at radius 2 is 2.41 bits per heavy atom. The number of ether oxygens (including phenoxy) is 1. The van der Waals surface area contributed by atoms with Crippen LogP contribution in [0.3, 0.4) is 0 Å². The van der Waals surface area contributed by atoms with Gasteiger partial charge in [-0.05, 0) is 13.8 Å². The third kappa shape index (κ3) is 2.97. The number of rotatable bonds is 4. The van der Waals surface area contributed by atoms with E-state index in [-0.39, 0.29) is 6.10 Å². The summed E-state index contributed by atoms with van der Waals surface area (Å²) in [6.07, 6.45) is 1.74. The average molecular weight is 259 g/mol. The second-order valence-electron chi connectivity index (χ2n) is 4.38. The molecule has 96 valence electrons. The van der Waals surface area contributed by atoms with Gasteiger partial charge in [0.05, 0.1) is 19.3 Å². The van der Waals surface area contributed by atoms with Crippen LogP contribution in [0, 0.1) is 0 Å². The van der Waals surface area contributed by atoms with Crippen molar-refractivity contribution in [3.05, 3.63) is 12.2 Å². The van der Waals surface area contributed by atoms with Gasteiger partial charge in [-0.3, -0.25) is 4.90 Å². The number of alkyl halides is 1. The quantitative estimate of drug-likeness (QED) is 0.760. The zero-order chi connectivity index (χ0) is 12.3. The Kier molecular flexibility index (Phi) is 4.36. The second-order valence-corrected chi connectivity index (χ2v) is 4.69. The third-order valence-electron chi connectivity index (χ3n) is 3.15. The van der Waals surface area contributed by atoms with Crippen molar-refractivity contribution in [1.82, 2.24) is 19.7 Å². The fraction of sp³-hybridized carbons (Fsp3) is 0.818. The highest BCUT2D eigenvalue weighted by molar-refractivity contribution is 6.18. The molecule has 1 aromatic rings. The largest absolute Gasteiger partial charge is 0.374 e. The van der Waals surface area contributed by atoms with Crippen LogP contribution in [0.1, 0.15) is 19.7 Å². The van der Waals surface area contributed by atoms with Gasteiger partial charge in [0.2, 0.25) is 0 Å². The van der Waals surface area contributed by atoms with Crippen molar-refractivity contribution in [3.8, 4) is 0 Å². The molecule has 6 heteroatoms. The average Bonchev–Trinajstić information content (AvgIpc) is 2.79. The van der Waals surface area contributed by atoms with E-state index >= 15 is 0 Å². The lowest BCUT2D eigenvalue weighted by atomic mass is 10.2. The van der Waals surface area contributed by atoms with Gasteiger partial charge in [0, 0.05) is 25.0 Å². The summed E-state index contributed by atoms with van der Waals surface area (Å²) in [4.78, 5) is 6.66. The molecule has 2 unspecified atom stereocenters. The number of hydrogen-bond donors (Lipinski definition) is 0. The van der Waals surface area contributed by atoms with Crippen LogP contribution >= 0.6 is 11.6 Å². The highest BCUT2D eigenvalue weighted by Crippen LogP contribution is 2.15. The molecule has 17 heavy (non-hydrogen) atoms. The van der Waals surface area contributed by atoms with Crippen molar-refractivity contribution >= 4 is 11.6 Å². The van der Waals surface area contributed by atoms with Gasteiger partial charge in [0.25, 0.3) is 0 Å². The molecule has 2 rings (SSSR count). The maximum absolute atomic E-state index is 5.85.